The van der Waals surface area contributed by atoms with Crippen molar-refractivity contribution in [3.05, 3.63) is 41.0 Å². The Hall–Kier alpha value is -2.95. The predicted octanol–water partition coefficient (Wildman–Crippen LogP) is 4.19. The van der Waals surface area contributed by atoms with E-state index in [0.29, 0.717) is 22.9 Å². The minimum atomic E-state index is 0.271. The molecule has 0 bridgehead atoms. The minimum Gasteiger partial charge on any atom is -0.507 e. The van der Waals surface area contributed by atoms with E-state index in [1.807, 2.05) is 45.0 Å². The first kappa shape index (κ1) is 13.7. The third-order valence-corrected chi connectivity index (χ3v) is 4.55. The number of aromatic nitrogens is 2. The number of aromatic hydroxyl groups is 1. The van der Waals surface area contributed by atoms with Crippen LogP contribution in [0.5, 0.6) is 5.75 Å². The molecule has 4 aromatic rings. The monoisotopic (exact) mass is 307 g/mol. The van der Waals surface area contributed by atoms with Gasteiger partial charge in [0.15, 0.2) is 0 Å². The molecule has 0 aliphatic heterocycles. The number of anilines is 1. The number of aromatic amines is 1. The lowest BCUT2D eigenvalue weighted by Gasteiger charge is -2.08. The molecule has 2 heterocycles. The molecule has 0 unspecified atom stereocenters. The lowest BCUT2D eigenvalue weighted by atomic mass is 9.98. The quantitative estimate of drug-likeness (QED) is 0.492. The maximum atomic E-state index is 10.4. The average molecular weight is 307 g/mol. The molecule has 2 aromatic heterocycles. The summed E-state index contributed by atoms with van der Waals surface area (Å²) >= 11 is 0. The molecule has 0 spiro atoms. The van der Waals surface area contributed by atoms with Crippen molar-refractivity contribution in [1.82, 2.24) is 9.97 Å². The van der Waals surface area contributed by atoms with E-state index in [0.717, 1.165) is 33.1 Å². The number of fused-ring (bicyclic) bond motifs is 2. The SMILES string of the molecule is Cc1c(O)c(C)c2c(-c3nc4ccccc4[nH]3)c(N)oc2c1C. The van der Waals surface area contributed by atoms with E-state index in [2.05, 4.69) is 9.97 Å². The lowest BCUT2D eigenvalue weighted by Crippen LogP contribution is -1.90. The number of nitrogens with one attached hydrogen (secondary N) is 1. The number of phenolic OH excluding ortho intramolecular Hbond substituents is 1. The van der Waals surface area contributed by atoms with Gasteiger partial charge in [-0.3, -0.25) is 0 Å². The van der Waals surface area contributed by atoms with Crippen LogP contribution in [-0.4, -0.2) is 15.1 Å². The maximum Gasteiger partial charge on any atom is 0.202 e. The summed E-state index contributed by atoms with van der Waals surface area (Å²) in [5, 5.41) is 11.2. The molecule has 0 aliphatic carbocycles. The summed E-state index contributed by atoms with van der Waals surface area (Å²) in [4.78, 5) is 7.89. The van der Waals surface area contributed by atoms with Crippen LogP contribution in [0.4, 0.5) is 5.88 Å². The third kappa shape index (κ3) is 1.76. The smallest absolute Gasteiger partial charge is 0.202 e. The number of rotatable bonds is 1. The molecular weight excluding hydrogens is 290 g/mol. The second kappa shape index (κ2) is 4.52. The highest BCUT2D eigenvalue weighted by Crippen LogP contribution is 2.43. The van der Waals surface area contributed by atoms with E-state index >= 15 is 0 Å². The van der Waals surface area contributed by atoms with Crippen LogP contribution < -0.4 is 5.73 Å². The van der Waals surface area contributed by atoms with Crippen molar-refractivity contribution in [2.75, 3.05) is 5.73 Å². The topological polar surface area (TPSA) is 88.1 Å². The van der Waals surface area contributed by atoms with Gasteiger partial charge in [-0.05, 0) is 44.0 Å². The van der Waals surface area contributed by atoms with Crippen LogP contribution in [0.3, 0.4) is 0 Å². The number of aryl methyl sites for hydroxylation is 2. The number of para-hydroxylation sites is 2. The van der Waals surface area contributed by atoms with Gasteiger partial charge in [0.2, 0.25) is 5.88 Å². The summed E-state index contributed by atoms with van der Waals surface area (Å²) in [5.41, 5.74) is 11.8. The van der Waals surface area contributed by atoms with Gasteiger partial charge in [0.1, 0.15) is 17.2 Å². The number of imidazole rings is 1. The number of nitrogen functional groups attached to an aromatic ring is 1. The van der Waals surface area contributed by atoms with Gasteiger partial charge in [0.05, 0.1) is 16.6 Å². The molecule has 0 radical (unpaired) electrons. The Bertz CT molecular complexity index is 1040. The van der Waals surface area contributed by atoms with Gasteiger partial charge in [-0.2, -0.15) is 0 Å². The zero-order chi connectivity index (χ0) is 16.3. The van der Waals surface area contributed by atoms with E-state index in [9.17, 15) is 5.11 Å². The summed E-state index contributed by atoms with van der Waals surface area (Å²) < 4.78 is 5.80. The number of furan rings is 1. The van der Waals surface area contributed by atoms with Crippen molar-refractivity contribution in [3.63, 3.8) is 0 Å². The van der Waals surface area contributed by atoms with E-state index in [1.165, 1.54) is 0 Å². The van der Waals surface area contributed by atoms with Crippen molar-refractivity contribution in [3.8, 4) is 17.1 Å². The summed E-state index contributed by atoms with van der Waals surface area (Å²) in [5.74, 6) is 1.22. The van der Waals surface area contributed by atoms with Crippen LogP contribution >= 0.6 is 0 Å². The normalized spacial score (nSPS) is 11.6. The molecule has 4 rings (SSSR count). The van der Waals surface area contributed by atoms with Gasteiger partial charge in [-0.1, -0.05) is 12.1 Å². The van der Waals surface area contributed by atoms with Gasteiger partial charge in [0.25, 0.3) is 0 Å². The molecule has 4 N–H and O–H groups in total. The Balaban J connectivity index is 2.13. The van der Waals surface area contributed by atoms with Crippen LogP contribution in [-0.2, 0) is 0 Å². The molecular formula is C18H17N3O2. The molecule has 23 heavy (non-hydrogen) atoms. The first-order valence-electron chi connectivity index (χ1n) is 7.45. The average Bonchev–Trinajstić information content (AvgIpc) is 3.11. The summed E-state index contributed by atoms with van der Waals surface area (Å²) in [6.45, 7) is 5.66. The summed E-state index contributed by atoms with van der Waals surface area (Å²) in [7, 11) is 0. The second-order valence-corrected chi connectivity index (χ2v) is 5.87. The Morgan fingerprint density at radius 3 is 2.57 bits per heavy atom. The largest absolute Gasteiger partial charge is 0.507 e. The number of benzene rings is 2. The van der Waals surface area contributed by atoms with Crippen molar-refractivity contribution in [1.29, 1.82) is 0 Å². The van der Waals surface area contributed by atoms with Gasteiger partial charge in [-0.15, -0.1) is 0 Å². The van der Waals surface area contributed by atoms with Crippen molar-refractivity contribution in [2.45, 2.75) is 20.8 Å². The van der Waals surface area contributed by atoms with Gasteiger partial charge >= 0.3 is 0 Å². The molecule has 2 aromatic carbocycles. The zero-order valence-corrected chi connectivity index (χ0v) is 13.2. The zero-order valence-electron chi connectivity index (χ0n) is 13.2. The van der Waals surface area contributed by atoms with Crippen LogP contribution in [0.25, 0.3) is 33.4 Å². The van der Waals surface area contributed by atoms with Crippen LogP contribution in [0.1, 0.15) is 16.7 Å². The highest BCUT2D eigenvalue weighted by molar-refractivity contribution is 6.04. The first-order valence-corrected chi connectivity index (χ1v) is 7.45. The first-order chi connectivity index (χ1) is 11.0. The van der Waals surface area contributed by atoms with Gasteiger partial charge < -0.3 is 20.2 Å². The standard InChI is InChI=1S/C18H17N3O2/c1-8-9(2)16-13(10(3)15(8)22)14(17(19)23-16)18-20-11-6-4-5-7-12(11)21-18/h4-7,22H,19H2,1-3H3,(H,20,21). The Morgan fingerprint density at radius 2 is 1.83 bits per heavy atom. The van der Waals surface area contributed by atoms with Crippen molar-refractivity contribution >= 4 is 27.9 Å². The molecule has 0 saturated carbocycles. The highest BCUT2D eigenvalue weighted by atomic mass is 16.3. The highest BCUT2D eigenvalue weighted by Gasteiger charge is 2.23. The van der Waals surface area contributed by atoms with Crippen LogP contribution in [0.2, 0.25) is 0 Å². The molecule has 5 heteroatoms. The molecule has 0 aliphatic rings. The van der Waals surface area contributed by atoms with E-state index < -0.39 is 0 Å². The molecule has 5 nitrogen and oxygen atoms in total. The van der Waals surface area contributed by atoms with Crippen LogP contribution in [0.15, 0.2) is 28.7 Å². The lowest BCUT2D eigenvalue weighted by molar-refractivity contribution is 0.467. The third-order valence-electron chi connectivity index (χ3n) is 4.55. The van der Waals surface area contributed by atoms with Gasteiger partial charge in [-0.25, -0.2) is 4.98 Å². The van der Waals surface area contributed by atoms with Crippen LogP contribution in [0, 0.1) is 20.8 Å². The number of nitrogens with two attached hydrogens (primary N) is 1. The number of H-pyrrole nitrogens is 1. The van der Waals surface area contributed by atoms with E-state index in [1.54, 1.807) is 0 Å². The maximum absolute atomic E-state index is 10.4. The number of hydrogen-bond donors (Lipinski definition) is 3. The van der Waals surface area contributed by atoms with E-state index in [4.69, 9.17) is 10.2 Å². The Labute approximate surface area is 132 Å². The molecule has 116 valence electrons. The van der Waals surface area contributed by atoms with Crippen molar-refractivity contribution < 1.29 is 9.52 Å². The number of nitrogens with zero attached hydrogens (tertiary/aromatic N) is 1. The molecule has 0 atom stereocenters. The summed E-state index contributed by atoms with van der Waals surface area (Å²) in [6, 6.07) is 7.79. The van der Waals surface area contributed by atoms with Crippen molar-refractivity contribution in [2.24, 2.45) is 0 Å². The molecule has 0 saturated heterocycles. The minimum absolute atomic E-state index is 0.271. The second-order valence-electron chi connectivity index (χ2n) is 5.87. The van der Waals surface area contributed by atoms with Gasteiger partial charge in [0, 0.05) is 10.9 Å². The number of hydrogen-bond acceptors (Lipinski definition) is 4. The number of phenols is 1. The van der Waals surface area contributed by atoms with E-state index in [-0.39, 0.29) is 5.75 Å². The predicted molar refractivity (Wildman–Crippen MR) is 91.6 cm³/mol. The molecule has 0 fully saturated rings. The molecule has 0 amide bonds. The fourth-order valence-corrected chi connectivity index (χ4v) is 3.12. The Morgan fingerprint density at radius 1 is 1.09 bits per heavy atom. The fraction of sp³-hybridized carbons (Fsp3) is 0.167. The Kier molecular flexibility index (Phi) is 2.69. The summed E-state index contributed by atoms with van der Waals surface area (Å²) in [6.07, 6.45) is 0. The fourth-order valence-electron chi connectivity index (χ4n) is 3.12.